The van der Waals surface area contributed by atoms with Crippen LogP contribution in [0.2, 0.25) is 0 Å². The summed E-state index contributed by atoms with van der Waals surface area (Å²) in [6, 6.07) is 15.4. The van der Waals surface area contributed by atoms with Gasteiger partial charge in [0.1, 0.15) is 11.6 Å². The van der Waals surface area contributed by atoms with Crippen LogP contribution in [0.25, 0.3) is 5.69 Å². The molecule has 1 aliphatic heterocycles. The molecule has 5 nitrogen and oxygen atoms in total. The highest BCUT2D eigenvalue weighted by atomic mass is 19.1. The van der Waals surface area contributed by atoms with Crippen molar-refractivity contribution < 1.29 is 4.39 Å². The highest BCUT2D eigenvalue weighted by Gasteiger charge is 2.29. The van der Waals surface area contributed by atoms with Gasteiger partial charge in [-0.3, -0.25) is 4.57 Å². The van der Waals surface area contributed by atoms with Crippen LogP contribution in [0.5, 0.6) is 0 Å². The fourth-order valence-corrected chi connectivity index (χ4v) is 3.22. The van der Waals surface area contributed by atoms with E-state index in [1.807, 2.05) is 36.4 Å². The summed E-state index contributed by atoms with van der Waals surface area (Å²) in [6.07, 6.45) is 1.50. The molecular formula is C18H13FN4O. The van der Waals surface area contributed by atoms with Gasteiger partial charge in [0, 0.05) is 6.42 Å². The van der Waals surface area contributed by atoms with Gasteiger partial charge in [-0.05, 0) is 30.2 Å². The number of halogens is 1. The molecule has 4 rings (SSSR count). The molecule has 6 heteroatoms. The van der Waals surface area contributed by atoms with Gasteiger partial charge in [-0.2, -0.15) is 9.94 Å². The molecule has 0 fully saturated rings. The maximum Gasteiger partial charge on any atom is 0.351 e. The molecule has 0 saturated heterocycles. The number of hydrogen-bond donors (Lipinski definition) is 0. The van der Waals surface area contributed by atoms with E-state index in [2.05, 4.69) is 5.10 Å². The molecule has 118 valence electrons. The van der Waals surface area contributed by atoms with Crippen molar-refractivity contribution in [2.24, 2.45) is 0 Å². The Morgan fingerprint density at radius 3 is 2.75 bits per heavy atom. The first-order chi connectivity index (χ1) is 11.7. The number of rotatable bonds is 2. The Labute approximate surface area is 137 Å². The Hall–Kier alpha value is -3.20. The van der Waals surface area contributed by atoms with Crippen LogP contribution in [-0.4, -0.2) is 14.3 Å². The van der Waals surface area contributed by atoms with Crippen LogP contribution in [0.1, 0.15) is 29.4 Å². The molecule has 3 aromatic rings. The van der Waals surface area contributed by atoms with Crippen LogP contribution in [0.3, 0.4) is 0 Å². The Morgan fingerprint density at radius 2 is 2.00 bits per heavy atom. The van der Waals surface area contributed by atoms with E-state index in [1.54, 1.807) is 4.57 Å². The molecule has 0 spiro atoms. The quantitative estimate of drug-likeness (QED) is 0.729. The van der Waals surface area contributed by atoms with E-state index in [-0.39, 0.29) is 23.0 Å². The van der Waals surface area contributed by atoms with Gasteiger partial charge < -0.3 is 0 Å². The second-order valence-electron chi connectivity index (χ2n) is 5.76. The summed E-state index contributed by atoms with van der Waals surface area (Å²) >= 11 is 0. The fourth-order valence-electron chi connectivity index (χ4n) is 3.22. The number of aromatic nitrogens is 3. The Kier molecular flexibility index (Phi) is 3.28. The van der Waals surface area contributed by atoms with Crippen LogP contribution in [-0.2, 0) is 6.42 Å². The van der Waals surface area contributed by atoms with Gasteiger partial charge in [-0.25, -0.2) is 9.18 Å². The lowest BCUT2D eigenvalue weighted by atomic mass is 10.1. The van der Waals surface area contributed by atoms with Gasteiger partial charge in [0.05, 0.1) is 23.4 Å². The number of hydrogen-bond acceptors (Lipinski definition) is 3. The SMILES string of the molecule is N#Cc1cc(F)cc(-n2nc3n(c2=O)[C@H](c2ccccc2)CC3)c1. The number of nitriles is 1. The molecule has 0 amide bonds. The summed E-state index contributed by atoms with van der Waals surface area (Å²) in [5.74, 6) is 0.111. The van der Waals surface area contributed by atoms with Gasteiger partial charge in [-0.1, -0.05) is 30.3 Å². The van der Waals surface area contributed by atoms with E-state index < -0.39 is 5.82 Å². The highest BCUT2D eigenvalue weighted by Crippen LogP contribution is 2.29. The molecule has 2 aromatic carbocycles. The molecule has 24 heavy (non-hydrogen) atoms. The first kappa shape index (κ1) is 14.4. The smallest absolute Gasteiger partial charge is 0.271 e. The Morgan fingerprint density at radius 1 is 1.21 bits per heavy atom. The summed E-state index contributed by atoms with van der Waals surface area (Å²) in [5.41, 5.74) is 1.16. The Bertz CT molecular complexity index is 1010. The monoisotopic (exact) mass is 320 g/mol. The van der Waals surface area contributed by atoms with Gasteiger partial charge in [0.2, 0.25) is 0 Å². The second kappa shape index (κ2) is 5.46. The van der Waals surface area contributed by atoms with E-state index in [0.29, 0.717) is 12.2 Å². The standard InChI is InChI=1S/C18H13FN4O/c19-14-8-12(11-20)9-15(10-14)23-18(24)22-16(6-7-17(22)21-23)13-4-2-1-3-5-13/h1-5,8-10,16H,6-7H2/t16-/m0/s1. The molecule has 0 N–H and O–H groups in total. The average Bonchev–Trinajstić information content (AvgIpc) is 3.16. The van der Waals surface area contributed by atoms with E-state index in [0.717, 1.165) is 18.1 Å². The minimum Gasteiger partial charge on any atom is -0.271 e. The summed E-state index contributed by atoms with van der Waals surface area (Å²) in [4.78, 5) is 12.8. The van der Waals surface area contributed by atoms with Crippen molar-refractivity contribution in [1.29, 1.82) is 5.26 Å². The lowest BCUT2D eigenvalue weighted by Gasteiger charge is -2.11. The summed E-state index contributed by atoms with van der Waals surface area (Å²) in [7, 11) is 0. The summed E-state index contributed by atoms with van der Waals surface area (Å²) in [5, 5.41) is 13.3. The van der Waals surface area contributed by atoms with Crippen molar-refractivity contribution in [2.45, 2.75) is 18.9 Å². The molecule has 0 unspecified atom stereocenters. The normalized spacial score (nSPS) is 15.9. The molecule has 0 aliphatic carbocycles. The van der Waals surface area contributed by atoms with Crippen LogP contribution in [0, 0.1) is 17.1 Å². The largest absolute Gasteiger partial charge is 0.351 e. The molecule has 1 aliphatic rings. The maximum absolute atomic E-state index is 13.7. The van der Waals surface area contributed by atoms with Gasteiger partial charge >= 0.3 is 5.69 Å². The lowest BCUT2D eigenvalue weighted by molar-refractivity contribution is 0.586. The molecule has 1 aromatic heterocycles. The lowest BCUT2D eigenvalue weighted by Crippen LogP contribution is -2.26. The first-order valence-corrected chi connectivity index (χ1v) is 7.64. The fraction of sp³-hybridized carbons (Fsp3) is 0.167. The van der Waals surface area contributed by atoms with Crippen molar-refractivity contribution in [3.63, 3.8) is 0 Å². The van der Waals surface area contributed by atoms with Crippen molar-refractivity contribution in [3.8, 4) is 11.8 Å². The minimum atomic E-state index is -0.566. The van der Waals surface area contributed by atoms with Crippen LogP contribution in [0.15, 0.2) is 53.3 Å². The zero-order valence-electron chi connectivity index (χ0n) is 12.7. The predicted molar refractivity (Wildman–Crippen MR) is 85.4 cm³/mol. The Balaban J connectivity index is 1.84. The third-order valence-corrected chi connectivity index (χ3v) is 4.27. The molecule has 0 bridgehead atoms. The molecular weight excluding hydrogens is 307 g/mol. The van der Waals surface area contributed by atoms with Crippen LogP contribution >= 0.6 is 0 Å². The highest BCUT2D eigenvalue weighted by molar-refractivity contribution is 5.41. The third-order valence-electron chi connectivity index (χ3n) is 4.27. The summed E-state index contributed by atoms with van der Waals surface area (Å²) < 4.78 is 16.5. The first-order valence-electron chi connectivity index (χ1n) is 7.64. The van der Waals surface area contributed by atoms with Crippen LogP contribution < -0.4 is 5.69 Å². The third kappa shape index (κ3) is 2.22. The molecule has 0 radical (unpaired) electrons. The number of aryl methyl sites for hydroxylation is 1. The van der Waals surface area contributed by atoms with Gasteiger partial charge in [-0.15, -0.1) is 5.10 Å². The van der Waals surface area contributed by atoms with E-state index in [4.69, 9.17) is 5.26 Å². The van der Waals surface area contributed by atoms with Gasteiger partial charge in [0.25, 0.3) is 0 Å². The van der Waals surface area contributed by atoms with E-state index in [9.17, 15) is 9.18 Å². The average molecular weight is 320 g/mol. The maximum atomic E-state index is 13.7. The number of benzene rings is 2. The van der Waals surface area contributed by atoms with Gasteiger partial charge in [0.15, 0.2) is 0 Å². The number of nitrogens with zero attached hydrogens (tertiary/aromatic N) is 4. The predicted octanol–water partition coefficient (Wildman–Crippen LogP) is 2.58. The van der Waals surface area contributed by atoms with Crippen molar-refractivity contribution >= 4 is 0 Å². The summed E-state index contributed by atoms with van der Waals surface area (Å²) in [6.45, 7) is 0. The molecule has 1 atom stereocenters. The van der Waals surface area contributed by atoms with Crippen molar-refractivity contribution in [3.05, 3.63) is 81.8 Å². The molecule has 2 heterocycles. The topological polar surface area (TPSA) is 63.6 Å². The minimum absolute atomic E-state index is 0.0635. The zero-order valence-corrected chi connectivity index (χ0v) is 12.7. The van der Waals surface area contributed by atoms with E-state index >= 15 is 0 Å². The van der Waals surface area contributed by atoms with Crippen molar-refractivity contribution in [1.82, 2.24) is 14.3 Å². The zero-order chi connectivity index (χ0) is 16.7. The second-order valence-corrected chi connectivity index (χ2v) is 5.76. The number of fused-ring (bicyclic) bond motifs is 1. The van der Waals surface area contributed by atoms with Crippen molar-refractivity contribution in [2.75, 3.05) is 0 Å². The van der Waals surface area contributed by atoms with E-state index in [1.165, 1.54) is 16.8 Å². The van der Waals surface area contributed by atoms with Crippen LogP contribution in [0.4, 0.5) is 4.39 Å². The molecule has 0 saturated carbocycles.